The number of carbonyl (C=O) groups is 1. The van der Waals surface area contributed by atoms with E-state index in [0.29, 0.717) is 5.75 Å². The molecule has 0 bridgehead atoms. The predicted octanol–water partition coefficient (Wildman–Crippen LogP) is 3.79. The number of para-hydroxylation sites is 1. The van der Waals surface area contributed by atoms with E-state index >= 15 is 0 Å². The number of benzene rings is 2. The molecule has 0 radical (unpaired) electrons. The van der Waals surface area contributed by atoms with Crippen molar-refractivity contribution in [2.24, 2.45) is 0 Å². The fourth-order valence-electron chi connectivity index (χ4n) is 2.00. The molecule has 0 aliphatic carbocycles. The van der Waals surface area contributed by atoms with Crippen molar-refractivity contribution >= 4 is 24.1 Å². The van der Waals surface area contributed by atoms with Crippen molar-refractivity contribution < 1.29 is 18.6 Å². The quantitative estimate of drug-likeness (QED) is 0.606. The number of halogens is 1. The van der Waals surface area contributed by atoms with E-state index in [1.54, 1.807) is 30.3 Å². The van der Waals surface area contributed by atoms with Gasteiger partial charge in [0.25, 0.3) is 0 Å². The van der Waals surface area contributed by atoms with Gasteiger partial charge in [0.1, 0.15) is 11.8 Å². The van der Waals surface area contributed by atoms with Crippen molar-refractivity contribution in [2.45, 2.75) is 12.5 Å². The summed E-state index contributed by atoms with van der Waals surface area (Å²) in [6, 6.07) is 16.9. The Kier molecular flexibility index (Phi) is 6.22. The van der Waals surface area contributed by atoms with Crippen molar-refractivity contribution in [1.29, 1.82) is 0 Å². The molecule has 0 heterocycles. The fourth-order valence-corrected chi connectivity index (χ4v) is 3.61. The maximum atomic E-state index is 12.4. The van der Waals surface area contributed by atoms with Gasteiger partial charge >= 0.3 is 12.8 Å². The van der Waals surface area contributed by atoms with Crippen molar-refractivity contribution in [3.05, 3.63) is 66.2 Å². The number of nitrogens with one attached hydrogen (secondary N) is 1. The van der Waals surface area contributed by atoms with Crippen molar-refractivity contribution in [3.63, 3.8) is 0 Å². The van der Waals surface area contributed by atoms with Gasteiger partial charge in [0.15, 0.2) is 0 Å². The van der Waals surface area contributed by atoms with Gasteiger partial charge in [-0.1, -0.05) is 48.5 Å². The highest BCUT2D eigenvalue weighted by molar-refractivity contribution is 7.84. The van der Waals surface area contributed by atoms with Gasteiger partial charge in [-0.3, -0.25) is 4.79 Å². The molecule has 2 aromatic carbocycles. The Morgan fingerprint density at radius 1 is 1.13 bits per heavy atom. The fraction of sp³-hybridized carbons (Fsp3) is 0.188. The van der Waals surface area contributed by atoms with E-state index in [4.69, 9.17) is 20.5 Å². The van der Waals surface area contributed by atoms with E-state index in [1.165, 1.54) is 7.11 Å². The minimum Gasteiger partial charge on any atom is -0.468 e. The van der Waals surface area contributed by atoms with Gasteiger partial charge in [-0.25, -0.2) is 9.65 Å². The van der Waals surface area contributed by atoms with Crippen LogP contribution in [0.2, 0.25) is 0 Å². The number of ether oxygens (including phenoxy) is 1. The lowest BCUT2D eigenvalue weighted by atomic mass is 10.1. The molecule has 0 spiro atoms. The largest absolute Gasteiger partial charge is 0.468 e. The summed E-state index contributed by atoms with van der Waals surface area (Å²) < 4.78 is 22.4. The van der Waals surface area contributed by atoms with E-state index in [0.717, 1.165) is 5.56 Å². The molecule has 122 valence electrons. The van der Waals surface area contributed by atoms with Gasteiger partial charge in [-0.15, -0.1) is 0 Å². The van der Waals surface area contributed by atoms with Crippen molar-refractivity contribution in [3.8, 4) is 5.75 Å². The molecule has 0 fully saturated rings. The number of methoxy groups -OCH3 is 1. The van der Waals surface area contributed by atoms with Crippen LogP contribution in [0, 0.1) is 0 Å². The number of esters is 1. The lowest BCUT2D eigenvalue weighted by Crippen LogP contribution is -2.37. The van der Waals surface area contributed by atoms with E-state index in [-0.39, 0.29) is 6.42 Å². The molecule has 5 nitrogen and oxygen atoms in total. The van der Waals surface area contributed by atoms with Gasteiger partial charge in [0.05, 0.1) is 7.11 Å². The molecule has 23 heavy (non-hydrogen) atoms. The summed E-state index contributed by atoms with van der Waals surface area (Å²) in [6.07, 6.45) is 0.280. The number of hydrogen-bond acceptors (Lipinski definition) is 4. The second kappa shape index (κ2) is 8.16. The van der Waals surface area contributed by atoms with E-state index in [9.17, 15) is 9.36 Å². The first-order valence-corrected chi connectivity index (χ1v) is 9.47. The Balaban J connectivity index is 2.10. The first-order valence-electron chi connectivity index (χ1n) is 6.94. The van der Waals surface area contributed by atoms with Crippen molar-refractivity contribution in [2.75, 3.05) is 7.11 Å². The average Bonchev–Trinajstić information content (AvgIpc) is 2.54. The Hall–Kier alpha value is -1.81. The Morgan fingerprint density at radius 2 is 1.70 bits per heavy atom. The SMILES string of the molecule is COC(=O)[C@H](Cc1ccccc1)NP(=O)(Cl)Oc1ccccc1. The van der Waals surface area contributed by atoms with Crippen LogP contribution in [0.25, 0.3) is 0 Å². The number of carbonyl (C=O) groups excluding carboxylic acids is 1. The maximum Gasteiger partial charge on any atom is 0.409 e. The maximum absolute atomic E-state index is 12.4. The summed E-state index contributed by atoms with van der Waals surface area (Å²) in [6.45, 7) is -3.75. The summed E-state index contributed by atoms with van der Waals surface area (Å²) in [5.41, 5.74) is 0.881. The average molecular weight is 354 g/mol. The minimum atomic E-state index is -3.75. The molecule has 7 heteroatoms. The van der Waals surface area contributed by atoms with Gasteiger partial charge in [-0.2, -0.15) is 0 Å². The third-order valence-electron chi connectivity index (χ3n) is 3.04. The van der Waals surface area contributed by atoms with Gasteiger partial charge in [0, 0.05) is 11.2 Å². The highest BCUT2D eigenvalue weighted by atomic mass is 35.7. The third kappa shape index (κ3) is 5.71. The molecule has 1 N–H and O–H groups in total. The monoisotopic (exact) mass is 353 g/mol. The third-order valence-corrected chi connectivity index (χ3v) is 4.61. The van der Waals surface area contributed by atoms with E-state index in [2.05, 4.69) is 5.09 Å². The summed E-state index contributed by atoms with van der Waals surface area (Å²) >= 11 is 5.95. The Bertz CT molecular complexity index is 681. The lowest BCUT2D eigenvalue weighted by molar-refractivity contribution is -0.142. The van der Waals surface area contributed by atoms with Crippen LogP contribution in [-0.4, -0.2) is 19.1 Å². The van der Waals surface area contributed by atoms with Crippen LogP contribution >= 0.6 is 18.1 Å². The summed E-state index contributed by atoms with van der Waals surface area (Å²) in [4.78, 5) is 11.9. The molecule has 2 rings (SSSR count). The van der Waals surface area contributed by atoms with Crippen molar-refractivity contribution in [1.82, 2.24) is 5.09 Å². The van der Waals surface area contributed by atoms with Crippen LogP contribution in [0.5, 0.6) is 5.75 Å². The molecule has 0 aliphatic rings. The van der Waals surface area contributed by atoms with Crippen LogP contribution in [0.15, 0.2) is 60.7 Å². The molecule has 2 atom stereocenters. The van der Waals surface area contributed by atoms with Crippen LogP contribution in [0.4, 0.5) is 0 Å². The van der Waals surface area contributed by atoms with E-state index in [1.807, 2.05) is 30.3 Å². The predicted molar refractivity (Wildman–Crippen MR) is 89.6 cm³/mol. The zero-order valence-electron chi connectivity index (χ0n) is 12.5. The highest BCUT2D eigenvalue weighted by Crippen LogP contribution is 2.48. The van der Waals surface area contributed by atoms with Gasteiger partial charge in [0.2, 0.25) is 0 Å². The summed E-state index contributed by atoms with van der Waals surface area (Å²) in [5.74, 6) is -0.215. The first kappa shape index (κ1) is 17.5. The molecule has 1 unspecified atom stereocenters. The molecule has 2 aromatic rings. The highest BCUT2D eigenvalue weighted by Gasteiger charge is 2.30. The molecule has 0 amide bonds. The summed E-state index contributed by atoms with van der Waals surface area (Å²) in [5, 5.41) is 2.57. The second-order valence-electron chi connectivity index (χ2n) is 4.78. The number of hydrogen-bond donors (Lipinski definition) is 1. The van der Waals surface area contributed by atoms with Crippen LogP contribution < -0.4 is 9.61 Å². The Morgan fingerprint density at radius 3 is 2.26 bits per heavy atom. The molecule has 0 aromatic heterocycles. The van der Waals surface area contributed by atoms with Crippen LogP contribution in [-0.2, 0) is 20.5 Å². The molecular weight excluding hydrogens is 337 g/mol. The Labute approximate surface area is 139 Å². The smallest absolute Gasteiger partial charge is 0.409 e. The molecular formula is C16H17ClNO4P. The van der Waals surface area contributed by atoms with Gasteiger partial charge < -0.3 is 9.26 Å². The topological polar surface area (TPSA) is 64.6 Å². The molecule has 0 aliphatic heterocycles. The standard InChI is InChI=1S/C16H17ClNO4P/c1-21-16(19)15(12-13-8-4-2-5-9-13)18-23(17,20)22-14-10-6-3-7-11-14/h2-11,15H,12H2,1H3,(H,18,20)/t15-,23?/m0/s1. The van der Waals surface area contributed by atoms with E-state index < -0.39 is 18.9 Å². The second-order valence-corrected chi connectivity index (χ2v) is 7.51. The molecule has 0 saturated heterocycles. The van der Waals surface area contributed by atoms with Crippen LogP contribution in [0.3, 0.4) is 0 Å². The van der Waals surface area contributed by atoms with Crippen LogP contribution in [0.1, 0.15) is 5.56 Å². The summed E-state index contributed by atoms with van der Waals surface area (Å²) in [7, 11) is 1.26. The zero-order chi connectivity index (χ0) is 16.7. The van der Waals surface area contributed by atoms with Gasteiger partial charge in [-0.05, 0) is 24.1 Å². The lowest BCUT2D eigenvalue weighted by Gasteiger charge is -2.20. The number of rotatable bonds is 7. The zero-order valence-corrected chi connectivity index (χ0v) is 14.2. The first-order chi connectivity index (χ1) is 11.0. The minimum absolute atomic E-state index is 0.280. The normalized spacial score (nSPS) is 14.5. The molecule has 0 saturated carbocycles.